The minimum absolute atomic E-state index is 0.0628. The molecule has 1 atom stereocenters. The van der Waals surface area contributed by atoms with Crippen LogP contribution in [0.1, 0.15) is 26.3 Å². The summed E-state index contributed by atoms with van der Waals surface area (Å²) in [5, 5.41) is 9.25. The van der Waals surface area contributed by atoms with Crippen molar-refractivity contribution in [2.45, 2.75) is 26.1 Å². The smallest absolute Gasteiger partial charge is 0.312 e. The summed E-state index contributed by atoms with van der Waals surface area (Å²) in [4.78, 5) is 10.1. The Bertz CT molecular complexity index is 505. The van der Waals surface area contributed by atoms with Gasteiger partial charge < -0.3 is 14.8 Å². The maximum atomic E-state index is 12.8. The summed E-state index contributed by atoms with van der Waals surface area (Å²) < 4.78 is 23.2. The Morgan fingerprint density at radius 3 is 2.05 bits per heavy atom. The van der Waals surface area contributed by atoms with E-state index in [4.69, 9.17) is 14.8 Å². The van der Waals surface area contributed by atoms with Crippen LogP contribution in [0, 0.1) is 10.1 Å². The molecule has 0 aliphatic heterocycles. The molecule has 7 nitrogen and oxygen atoms in total. The second-order valence-corrected chi connectivity index (χ2v) is 6.72. The first kappa shape index (κ1) is 16.8. The summed E-state index contributed by atoms with van der Waals surface area (Å²) in [7, 11) is -3.58. The number of rotatable bonds is 7. The van der Waals surface area contributed by atoms with Gasteiger partial charge >= 0.3 is 7.60 Å². The van der Waals surface area contributed by atoms with Crippen LogP contribution in [0.2, 0.25) is 0 Å². The summed E-state index contributed by atoms with van der Waals surface area (Å²) >= 11 is 0. The van der Waals surface area contributed by atoms with Crippen LogP contribution in [0.15, 0.2) is 24.3 Å². The van der Waals surface area contributed by atoms with E-state index < -0.39 is 17.8 Å². The summed E-state index contributed by atoms with van der Waals surface area (Å²) in [6.45, 7) is 5.30. The number of nitrogens with two attached hydrogens (primary N) is 1. The molecule has 0 saturated heterocycles. The van der Waals surface area contributed by atoms with E-state index in [-0.39, 0.29) is 18.9 Å². The summed E-state index contributed by atoms with van der Waals surface area (Å²) in [6.07, 6.45) is 0. The predicted octanol–water partition coefficient (Wildman–Crippen LogP) is 2.99. The summed E-state index contributed by atoms with van der Waals surface area (Å²) in [5.41, 5.74) is 6.52. The fourth-order valence-corrected chi connectivity index (χ4v) is 3.48. The normalized spacial score (nSPS) is 14.8. The molecule has 0 saturated carbocycles. The van der Waals surface area contributed by atoms with E-state index in [9.17, 15) is 14.7 Å². The first-order valence-electron chi connectivity index (χ1n) is 6.21. The fraction of sp³-hybridized carbons (Fsp3) is 0.500. The molecule has 1 rings (SSSR count). The Labute approximate surface area is 117 Å². The number of hydrogen-bond donors (Lipinski definition) is 1. The second kappa shape index (κ2) is 6.45. The third-order valence-corrected chi connectivity index (χ3v) is 5.42. The SMILES string of the molecule is CCOP(=O)(OCC)[C@@](C)(N)c1ccc([N+](=O)[O-])cc1. The third kappa shape index (κ3) is 3.24. The summed E-state index contributed by atoms with van der Waals surface area (Å²) in [5.74, 6) is 0. The van der Waals surface area contributed by atoms with Gasteiger partial charge in [-0.1, -0.05) is 0 Å². The van der Waals surface area contributed by atoms with E-state index in [0.717, 1.165) is 0 Å². The van der Waals surface area contributed by atoms with E-state index in [1.165, 1.54) is 31.2 Å². The van der Waals surface area contributed by atoms with Gasteiger partial charge in [0.1, 0.15) is 5.28 Å². The maximum Gasteiger partial charge on any atom is 0.354 e. The van der Waals surface area contributed by atoms with Crippen LogP contribution in [-0.2, 0) is 18.9 Å². The van der Waals surface area contributed by atoms with Gasteiger partial charge in [0.25, 0.3) is 5.69 Å². The van der Waals surface area contributed by atoms with E-state index in [1.54, 1.807) is 13.8 Å². The highest BCUT2D eigenvalue weighted by molar-refractivity contribution is 7.55. The molecule has 0 aliphatic rings. The molecule has 1 aromatic rings. The molecule has 112 valence electrons. The molecule has 0 unspecified atom stereocenters. The van der Waals surface area contributed by atoms with Gasteiger partial charge in [-0.3, -0.25) is 14.7 Å². The largest absolute Gasteiger partial charge is 0.354 e. The molecule has 20 heavy (non-hydrogen) atoms. The van der Waals surface area contributed by atoms with Crippen molar-refractivity contribution in [3.63, 3.8) is 0 Å². The van der Waals surface area contributed by atoms with Crippen molar-refractivity contribution < 1.29 is 18.5 Å². The van der Waals surface area contributed by atoms with Crippen LogP contribution in [0.4, 0.5) is 5.69 Å². The highest BCUT2D eigenvalue weighted by Crippen LogP contribution is 2.61. The van der Waals surface area contributed by atoms with Gasteiger partial charge in [-0.05, 0) is 38.5 Å². The second-order valence-electron chi connectivity index (χ2n) is 4.28. The van der Waals surface area contributed by atoms with Crippen LogP contribution in [-0.4, -0.2) is 18.1 Å². The highest BCUT2D eigenvalue weighted by Gasteiger charge is 2.45. The Morgan fingerprint density at radius 1 is 1.25 bits per heavy atom. The lowest BCUT2D eigenvalue weighted by molar-refractivity contribution is -0.384. The number of nitrogens with zero attached hydrogens (tertiary/aromatic N) is 1. The summed E-state index contributed by atoms with van der Waals surface area (Å²) in [6, 6.07) is 5.54. The molecule has 0 aliphatic carbocycles. The molecule has 0 spiro atoms. The fourth-order valence-electron chi connectivity index (χ4n) is 1.72. The number of hydrogen-bond acceptors (Lipinski definition) is 6. The zero-order chi connectivity index (χ0) is 15.4. The van der Waals surface area contributed by atoms with Gasteiger partial charge in [0, 0.05) is 12.1 Å². The van der Waals surface area contributed by atoms with Gasteiger partial charge in [0.2, 0.25) is 0 Å². The molecule has 0 aromatic heterocycles. The molecule has 1 aromatic carbocycles. The van der Waals surface area contributed by atoms with Gasteiger partial charge in [-0.2, -0.15) is 0 Å². The number of benzene rings is 1. The van der Waals surface area contributed by atoms with E-state index in [0.29, 0.717) is 5.56 Å². The van der Waals surface area contributed by atoms with E-state index >= 15 is 0 Å². The average Bonchev–Trinajstić information content (AvgIpc) is 2.39. The molecule has 0 bridgehead atoms. The molecule has 8 heteroatoms. The molecule has 0 radical (unpaired) electrons. The highest BCUT2D eigenvalue weighted by atomic mass is 31.2. The van der Waals surface area contributed by atoms with Crippen molar-refractivity contribution in [1.82, 2.24) is 0 Å². The monoisotopic (exact) mass is 302 g/mol. The lowest BCUT2D eigenvalue weighted by Crippen LogP contribution is -2.34. The molecule has 0 heterocycles. The first-order valence-corrected chi connectivity index (χ1v) is 7.75. The number of nitro benzene ring substituents is 1. The van der Waals surface area contributed by atoms with Crippen molar-refractivity contribution in [3.8, 4) is 0 Å². The Balaban J connectivity index is 3.18. The first-order chi connectivity index (χ1) is 9.28. The van der Waals surface area contributed by atoms with Crippen molar-refractivity contribution >= 4 is 13.3 Å². The molecule has 0 amide bonds. The predicted molar refractivity (Wildman–Crippen MR) is 75.5 cm³/mol. The van der Waals surface area contributed by atoms with Gasteiger partial charge in [-0.15, -0.1) is 0 Å². The van der Waals surface area contributed by atoms with E-state index in [1.807, 2.05) is 0 Å². The maximum absolute atomic E-state index is 12.8. The minimum Gasteiger partial charge on any atom is -0.312 e. The van der Waals surface area contributed by atoms with Crippen LogP contribution < -0.4 is 5.73 Å². The van der Waals surface area contributed by atoms with Crippen LogP contribution >= 0.6 is 7.60 Å². The van der Waals surface area contributed by atoms with Gasteiger partial charge in [0.15, 0.2) is 0 Å². The van der Waals surface area contributed by atoms with Gasteiger partial charge in [-0.25, -0.2) is 0 Å². The molecule has 0 fully saturated rings. The number of non-ortho nitro benzene ring substituents is 1. The van der Waals surface area contributed by atoms with Gasteiger partial charge in [0.05, 0.1) is 18.1 Å². The number of nitro groups is 1. The van der Waals surface area contributed by atoms with Crippen molar-refractivity contribution in [3.05, 3.63) is 39.9 Å². The third-order valence-electron chi connectivity index (χ3n) is 2.83. The van der Waals surface area contributed by atoms with Crippen LogP contribution in [0.5, 0.6) is 0 Å². The standard InChI is InChI=1S/C12H19N2O5P/c1-4-18-20(17,19-5-2)12(3,13)10-6-8-11(9-7-10)14(15)16/h6-9H,4-5,13H2,1-3H3/t12-/m1/s1. The Hall–Kier alpha value is -1.27. The van der Waals surface area contributed by atoms with Crippen LogP contribution in [0.25, 0.3) is 0 Å². The van der Waals surface area contributed by atoms with Crippen molar-refractivity contribution in [2.75, 3.05) is 13.2 Å². The average molecular weight is 302 g/mol. The molecular formula is C12H19N2O5P. The topological polar surface area (TPSA) is 105 Å². The van der Waals surface area contributed by atoms with E-state index in [2.05, 4.69) is 0 Å². The zero-order valence-electron chi connectivity index (χ0n) is 11.7. The Kier molecular flexibility index (Phi) is 5.42. The lowest BCUT2D eigenvalue weighted by atomic mass is 10.1. The quantitative estimate of drug-likeness (QED) is 0.471. The molecule has 2 N–H and O–H groups in total. The minimum atomic E-state index is -3.58. The lowest BCUT2D eigenvalue weighted by Gasteiger charge is -2.32. The Morgan fingerprint density at radius 2 is 1.70 bits per heavy atom. The van der Waals surface area contributed by atoms with Crippen LogP contribution in [0.3, 0.4) is 0 Å². The van der Waals surface area contributed by atoms with Crippen molar-refractivity contribution in [1.29, 1.82) is 0 Å². The zero-order valence-corrected chi connectivity index (χ0v) is 12.6. The van der Waals surface area contributed by atoms with Crippen molar-refractivity contribution in [2.24, 2.45) is 5.73 Å². The molecular weight excluding hydrogens is 283 g/mol.